The summed E-state index contributed by atoms with van der Waals surface area (Å²) in [4.78, 5) is 16.2. The number of fused-ring (bicyclic) bond motifs is 1. The molecule has 0 aromatic heterocycles. The Morgan fingerprint density at radius 2 is 1.64 bits per heavy atom. The third-order valence-electron chi connectivity index (χ3n) is 7.24. The molecule has 1 heterocycles. The van der Waals surface area contributed by atoms with Crippen LogP contribution in [-0.2, 0) is 17.6 Å². The van der Waals surface area contributed by atoms with Crippen molar-refractivity contribution in [2.45, 2.75) is 92.2 Å². The minimum absolute atomic E-state index is 0. The molecule has 1 aliphatic heterocycles. The van der Waals surface area contributed by atoms with Crippen LogP contribution in [0.5, 0.6) is 0 Å². The van der Waals surface area contributed by atoms with E-state index in [-0.39, 0.29) is 36.8 Å². The van der Waals surface area contributed by atoms with E-state index in [4.69, 9.17) is 0 Å². The standard InChI is InChI=1S/C30H43N3O.C4H8.C2H5N.CH4/c1-8-15-31-23(4)21(2)17-27-14-11-16-33(27)29(34)28(32-22(3)20-30(5,6)7)26-18-24-12-9-10-13-25(24)19-26;1-3-4-2;1-2-3;/h8-10,12-13,26-28,31-32H,1-4,11,14-20H2,5-7H3;3H,1,4H2,2H3;2H,1,3H2;1H4. The predicted molar refractivity (Wildman–Crippen MR) is 185 cm³/mol. The molecule has 0 spiro atoms. The van der Waals surface area contributed by atoms with E-state index in [9.17, 15) is 4.79 Å². The number of hydrogen-bond acceptors (Lipinski definition) is 4. The van der Waals surface area contributed by atoms with Gasteiger partial charge in [0.1, 0.15) is 6.04 Å². The van der Waals surface area contributed by atoms with Crippen molar-refractivity contribution in [2.75, 3.05) is 13.1 Å². The first-order valence-electron chi connectivity index (χ1n) is 14.9. The molecular weight excluding hydrogens is 516 g/mol. The Labute approximate surface area is 258 Å². The van der Waals surface area contributed by atoms with Gasteiger partial charge in [-0.1, -0.05) is 97.9 Å². The van der Waals surface area contributed by atoms with Gasteiger partial charge in [-0.05, 0) is 79.2 Å². The highest BCUT2D eigenvalue weighted by Gasteiger charge is 2.39. The summed E-state index contributed by atoms with van der Waals surface area (Å²) in [5.41, 5.74) is 10.2. The van der Waals surface area contributed by atoms with Crippen LogP contribution in [0.2, 0.25) is 0 Å². The third kappa shape index (κ3) is 13.0. The van der Waals surface area contributed by atoms with Crippen LogP contribution in [0.25, 0.3) is 0 Å². The number of hydrogen-bond donors (Lipinski definition) is 3. The summed E-state index contributed by atoms with van der Waals surface area (Å²) in [6.07, 6.45) is 11.5. The fraction of sp³-hybridized carbons (Fsp3) is 0.486. The van der Waals surface area contributed by atoms with Crippen molar-refractivity contribution in [3.8, 4) is 0 Å². The lowest BCUT2D eigenvalue weighted by molar-refractivity contribution is -0.135. The highest BCUT2D eigenvalue weighted by atomic mass is 16.2. The number of nitrogens with two attached hydrogens (primary N) is 1. The van der Waals surface area contributed by atoms with Crippen molar-refractivity contribution < 1.29 is 4.79 Å². The molecule has 1 aliphatic carbocycles. The van der Waals surface area contributed by atoms with Crippen molar-refractivity contribution >= 4 is 5.91 Å². The lowest BCUT2D eigenvalue weighted by Gasteiger charge is -2.34. The third-order valence-corrected chi connectivity index (χ3v) is 7.24. The van der Waals surface area contributed by atoms with Gasteiger partial charge >= 0.3 is 0 Å². The molecule has 0 bridgehead atoms. The number of likely N-dealkylation sites (tertiary alicyclic amines) is 1. The molecule has 2 atom stereocenters. The van der Waals surface area contributed by atoms with E-state index >= 15 is 0 Å². The maximum absolute atomic E-state index is 14.1. The zero-order valence-corrected chi connectivity index (χ0v) is 26.3. The SMILES string of the molecule is C.C=CCC.C=CCNC(=C)C(=C)CC1CCCN1C(=O)C(NC(=C)CC(C)(C)C)C1Cc2ccccc2C1.C=CN. The van der Waals surface area contributed by atoms with Crippen LogP contribution in [0, 0.1) is 11.3 Å². The van der Waals surface area contributed by atoms with Crippen LogP contribution >= 0.6 is 0 Å². The molecule has 2 aliphatic rings. The Morgan fingerprint density at radius 1 is 1.10 bits per heavy atom. The van der Waals surface area contributed by atoms with Gasteiger partial charge in [0, 0.05) is 30.5 Å². The van der Waals surface area contributed by atoms with Gasteiger partial charge in [0.25, 0.3) is 0 Å². The monoisotopic (exact) mass is 576 g/mol. The highest BCUT2D eigenvalue weighted by Crippen LogP contribution is 2.33. The number of carbonyl (C=O) groups is 1. The quantitative estimate of drug-likeness (QED) is 0.175. The van der Waals surface area contributed by atoms with Crippen LogP contribution in [0.4, 0.5) is 0 Å². The lowest BCUT2D eigenvalue weighted by atomic mass is 9.89. The highest BCUT2D eigenvalue weighted by molar-refractivity contribution is 5.83. The molecule has 5 heteroatoms. The van der Waals surface area contributed by atoms with Crippen molar-refractivity contribution in [1.29, 1.82) is 0 Å². The molecule has 234 valence electrons. The first-order valence-corrected chi connectivity index (χ1v) is 14.9. The fourth-order valence-corrected chi connectivity index (χ4v) is 5.37. The second-order valence-corrected chi connectivity index (χ2v) is 12.1. The molecular formula is C37H60N4O. The van der Waals surface area contributed by atoms with Gasteiger partial charge < -0.3 is 21.3 Å². The molecule has 1 fully saturated rings. The summed E-state index contributed by atoms with van der Waals surface area (Å²) in [7, 11) is 0. The molecule has 5 nitrogen and oxygen atoms in total. The molecule has 3 rings (SSSR count). The van der Waals surface area contributed by atoms with Gasteiger partial charge in [-0.3, -0.25) is 4.79 Å². The fourth-order valence-electron chi connectivity index (χ4n) is 5.37. The minimum Gasteiger partial charge on any atom is -0.405 e. The average Bonchev–Trinajstić information content (AvgIpc) is 3.56. The maximum Gasteiger partial charge on any atom is 0.245 e. The molecule has 0 radical (unpaired) electrons. The number of benzene rings is 1. The molecule has 1 aromatic rings. The van der Waals surface area contributed by atoms with Crippen LogP contribution in [0.15, 0.2) is 99.1 Å². The van der Waals surface area contributed by atoms with E-state index in [0.717, 1.165) is 68.5 Å². The maximum atomic E-state index is 14.1. The molecule has 1 amide bonds. The zero-order valence-electron chi connectivity index (χ0n) is 26.3. The molecule has 42 heavy (non-hydrogen) atoms. The second kappa shape index (κ2) is 19.6. The van der Waals surface area contributed by atoms with Gasteiger partial charge in [0.2, 0.25) is 5.91 Å². The Bertz CT molecular complexity index is 1020. The Kier molecular flexibility index (Phi) is 18.0. The Morgan fingerprint density at radius 3 is 2.12 bits per heavy atom. The topological polar surface area (TPSA) is 70.4 Å². The smallest absolute Gasteiger partial charge is 0.245 e. The van der Waals surface area contributed by atoms with Crippen LogP contribution in [0.3, 0.4) is 0 Å². The first kappa shape index (κ1) is 38.5. The predicted octanol–water partition coefficient (Wildman–Crippen LogP) is 7.84. The average molecular weight is 577 g/mol. The number of allylic oxidation sites excluding steroid dienone is 3. The largest absolute Gasteiger partial charge is 0.405 e. The van der Waals surface area contributed by atoms with Crippen LogP contribution in [-0.4, -0.2) is 36.0 Å². The van der Waals surface area contributed by atoms with E-state index in [1.807, 2.05) is 12.2 Å². The Balaban J connectivity index is 0.00000190. The van der Waals surface area contributed by atoms with Crippen molar-refractivity contribution in [1.82, 2.24) is 15.5 Å². The zero-order chi connectivity index (χ0) is 31.0. The summed E-state index contributed by atoms with van der Waals surface area (Å²) in [5.74, 6) is 0.433. The van der Waals surface area contributed by atoms with Gasteiger partial charge in [-0.15, -0.1) is 13.2 Å². The van der Waals surface area contributed by atoms with Crippen molar-refractivity contribution in [2.24, 2.45) is 17.1 Å². The van der Waals surface area contributed by atoms with Gasteiger partial charge in [-0.25, -0.2) is 0 Å². The summed E-state index contributed by atoms with van der Waals surface area (Å²) in [6, 6.07) is 8.49. The lowest BCUT2D eigenvalue weighted by Crippen LogP contribution is -2.52. The first-order chi connectivity index (χ1) is 19.4. The van der Waals surface area contributed by atoms with Crippen molar-refractivity contribution in [3.05, 3.63) is 110 Å². The number of rotatable bonds is 12. The molecule has 2 unspecified atom stereocenters. The van der Waals surface area contributed by atoms with E-state index in [1.165, 1.54) is 17.3 Å². The van der Waals surface area contributed by atoms with Crippen LogP contribution < -0.4 is 16.4 Å². The minimum atomic E-state index is -0.266. The van der Waals surface area contributed by atoms with Gasteiger partial charge in [-0.2, -0.15) is 0 Å². The van der Waals surface area contributed by atoms with E-state index in [2.05, 4.69) is 113 Å². The summed E-state index contributed by atoms with van der Waals surface area (Å²) < 4.78 is 0. The van der Waals surface area contributed by atoms with E-state index in [0.29, 0.717) is 6.54 Å². The normalized spacial score (nSPS) is 16.1. The summed E-state index contributed by atoms with van der Waals surface area (Å²) in [6.45, 7) is 33.2. The van der Waals surface area contributed by atoms with Gasteiger partial charge in [0.15, 0.2) is 0 Å². The summed E-state index contributed by atoms with van der Waals surface area (Å²) in [5, 5.41) is 6.84. The number of amides is 1. The van der Waals surface area contributed by atoms with E-state index < -0.39 is 0 Å². The molecule has 1 saturated heterocycles. The molecule has 0 saturated carbocycles. The van der Waals surface area contributed by atoms with Gasteiger partial charge in [0.05, 0.1) is 0 Å². The molecule has 1 aromatic carbocycles. The number of nitrogens with one attached hydrogen (secondary N) is 2. The second-order valence-electron chi connectivity index (χ2n) is 12.1. The number of carbonyl (C=O) groups excluding carboxylic acids is 1. The Hall–Kier alpha value is -3.47. The van der Waals surface area contributed by atoms with E-state index in [1.54, 1.807) is 0 Å². The number of nitrogens with zero attached hydrogens (tertiary/aromatic N) is 1. The molecule has 4 N–H and O–H groups in total. The van der Waals surface area contributed by atoms with Crippen molar-refractivity contribution in [3.63, 3.8) is 0 Å². The summed E-state index contributed by atoms with van der Waals surface area (Å²) >= 11 is 0. The van der Waals surface area contributed by atoms with Crippen LogP contribution in [0.1, 0.15) is 78.4 Å².